The number of carboxylic acid groups (broad SMARTS) is 1. The van der Waals surface area contributed by atoms with Crippen molar-refractivity contribution in [1.82, 2.24) is 4.98 Å². The van der Waals surface area contributed by atoms with Gasteiger partial charge in [-0.3, -0.25) is 4.79 Å². The van der Waals surface area contributed by atoms with Crippen LogP contribution in [0.4, 0.5) is 0 Å². The summed E-state index contributed by atoms with van der Waals surface area (Å²) in [5.74, 6) is 1.24. The Morgan fingerprint density at radius 1 is 1.25 bits per heavy atom. The molecule has 1 aromatic heterocycles. The summed E-state index contributed by atoms with van der Waals surface area (Å²) in [7, 11) is 0. The predicted molar refractivity (Wildman–Crippen MR) is 124 cm³/mol. The molecule has 5 nitrogen and oxygen atoms in total. The van der Waals surface area contributed by atoms with E-state index in [9.17, 15) is 9.90 Å². The number of aryl methyl sites for hydroxylation is 1. The van der Waals surface area contributed by atoms with Crippen molar-refractivity contribution < 1.29 is 19.1 Å². The molecule has 1 N–H and O–H groups in total. The van der Waals surface area contributed by atoms with Crippen molar-refractivity contribution in [3.05, 3.63) is 71.1 Å². The van der Waals surface area contributed by atoms with Crippen molar-refractivity contribution in [2.45, 2.75) is 58.3 Å². The fourth-order valence-electron chi connectivity index (χ4n) is 4.92. The predicted octanol–water partition coefficient (Wildman–Crippen LogP) is 6.15. The van der Waals surface area contributed by atoms with Crippen molar-refractivity contribution in [3.8, 4) is 17.2 Å². The zero-order valence-electron chi connectivity index (χ0n) is 19.2. The van der Waals surface area contributed by atoms with Gasteiger partial charge in [0.05, 0.1) is 18.2 Å². The molecule has 0 amide bonds. The van der Waals surface area contributed by atoms with Crippen molar-refractivity contribution >= 4 is 5.97 Å². The minimum absolute atomic E-state index is 0.0470. The van der Waals surface area contributed by atoms with Crippen LogP contribution >= 0.6 is 0 Å². The van der Waals surface area contributed by atoms with Gasteiger partial charge in [-0.15, -0.1) is 0 Å². The lowest BCUT2D eigenvalue weighted by molar-refractivity contribution is -0.142. The largest absolute Gasteiger partial charge is 0.493 e. The van der Waals surface area contributed by atoms with Gasteiger partial charge in [-0.1, -0.05) is 45.0 Å². The Morgan fingerprint density at radius 3 is 2.69 bits per heavy atom. The van der Waals surface area contributed by atoms with Crippen LogP contribution in [0, 0.1) is 12.8 Å². The summed E-state index contributed by atoms with van der Waals surface area (Å²) in [6.07, 6.45) is 2.13. The number of nitrogens with zero attached hydrogens (tertiary/aromatic N) is 1. The fraction of sp³-hybridized carbons (Fsp3) is 0.407. The molecule has 2 aromatic carbocycles. The van der Waals surface area contributed by atoms with Crippen molar-refractivity contribution in [2.24, 2.45) is 5.92 Å². The number of oxazole rings is 1. The van der Waals surface area contributed by atoms with Crippen LogP contribution in [0.2, 0.25) is 0 Å². The molecule has 2 atom stereocenters. The normalized spacial score (nSPS) is 17.7. The third kappa shape index (κ3) is 4.29. The zero-order valence-corrected chi connectivity index (χ0v) is 19.2. The van der Waals surface area contributed by atoms with Crippen LogP contribution in [0.15, 0.2) is 52.9 Å². The number of fused-ring (bicyclic) bond motifs is 1. The van der Waals surface area contributed by atoms with Gasteiger partial charge in [0.25, 0.3) is 0 Å². The molecule has 0 saturated heterocycles. The second kappa shape index (κ2) is 8.81. The highest BCUT2D eigenvalue weighted by Gasteiger charge is 2.42. The molecule has 0 fully saturated rings. The first-order valence-corrected chi connectivity index (χ1v) is 11.3. The number of aromatic nitrogens is 1. The van der Waals surface area contributed by atoms with Gasteiger partial charge in [-0.05, 0) is 66.5 Å². The molecule has 1 heterocycles. The van der Waals surface area contributed by atoms with Crippen LogP contribution in [0.3, 0.4) is 0 Å². The molecular weight excluding hydrogens is 402 g/mol. The molecule has 3 aromatic rings. The molecule has 0 radical (unpaired) electrons. The molecular formula is C27H31NO4. The smallest absolute Gasteiger partial charge is 0.307 e. The lowest BCUT2D eigenvalue weighted by Crippen LogP contribution is -2.21. The number of carbonyl (C=O) groups is 1. The number of hydrogen-bond donors (Lipinski definition) is 1. The summed E-state index contributed by atoms with van der Waals surface area (Å²) in [6, 6.07) is 16.0. The molecule has 168 valence electrons. The van der Waals surface area contributed by atoms with Crippen LogP contribution in [-0.4, -0.2) is 22.7 Å². The molecule has 32 heavy (non-hydrogen) atoms. The maximum absolute atomic E-state index is 11.8. The Kier molecular flexibility index (Phi) is 6.09. The minimum Gasteiger partial charge on any atom is -0.493 e. The van der Waals surface area contributed by atoms with Crippen LogP contribution in [0.25, 0.3) is 11.5 Å². The number of carboxylic acids is 1. The Labute approximate surface area is 189 Å². The lowest BCUT2D eigenvalue weighted by Gasteiger charge is -2.22. The van der Waals surface area contributed by atoms with Gasteiger partial charge in [0.1, 0.15) is 11.5 Å². The average molecular weight is 434 g/mol. The van der Waals surface area contributed by atoms with E-state index in [0.717, 1.165) is 34.8 Å². The summed E-state index contributed by atoms with van der Waals surface area (Å²) in [5.41, 5.74) is 4.14. The van der Waals surface area contributed by atoms with Gasteiger partial charge in [0.15, 0.2) is 0 Å². The summed E-state index contributed by atoms with van der Waals surface area (Å²) in [5, 5.41) is 9.67. The van der Waals surface area contributed by atoms with E-state index in [1.54, 1.807) is 0 Å². The van der Waals surface area contributed by atoms with Crippen LogP contribution in [0.5, 0.6) is 5.75 Å². The van der Waals surface area contributed by atoms with Crippen LogP contribution < -0.4 is 4.74 Å². The van der Waals surface area contributed by atoms with Gasteiger partial charge < -0.3 is 14.3 Å². The third-order valence-corrected chi connectivity index (χ3v) is 6.65. The summed E-state index contributed by atoms with van der Waals surface area (Å²) < 4.78 is 11.9. The highest BCUT2D eigenvalue weighted by atomic mass is 16.5. The highest BCUT2D eigenvalue weighted by Crippen LogP contribution is 2.50. The molecule has 1 aliphatic rings. The summed E-state index contributed by atoms with van der Waals surface area (Å²) >= 11 is 0. The highest BCUT2D eigenvalue weighted by molar-refractivity contribution is 5.72. The Balaban J connectivity index is 1.46. The van der Waals surface area contributed by atoms with E-state index in [1.807, 2.05) is 50.2 Å². The molecule has 0 bridgehead atoms. The molecule has 4 rings (SSSR count). The molecule has 5 heteroatoms. The Morgan fingerprint density at radius 2 is 2.00 bits per heavy atom. The number of aliphatic carboxylic acids is 1. The zero-order chi connectivity index (χ0) is 22.9. The fourth-order valence-corrected chi connectivity index (χ4v) is 4.92. The van der Waals surface area contributed by atoms with E-state index in [1.165, 1.54) is 5.56 Å². The lowest BCUT2D eigenvalue weighted by atomic mass is 9.82. The Hall–Kier alpha value is -3.08. The summed E-state index contributed by atoms with van der Waals surface area (Å²) in [4.78, 5) is 16.4. The van der Waals surface area contributed by atoms with Gasteiger partial charge in [-0.2, -0.15) is 0 Å². The van der Waals surface area contributed by atoms with Crippen LogP contribution in [-0.2, 0) is 16.6 Å². The number of benzene rings is 2. The molecule has 0 aliphatic heterocycles. The van der Waals surface area contributed by atoms with E-state index < -0.39 is 5.97 Å². The number of rotatable bonds is 8. The second-order valence-corrected chi connectivity index (χ2v) is 9.28. The van der Waals surface area contributed by atoms with Crippen molar-refractivity contribution in [1.29, 1.82) is 0 Å². The molecule has 0 unspecified atom stereocenters. The standard InChI is InChI=1S/C27H31NO4/c1-5-20(26(29)30)22-16-27(3,4)23-15-19(11-12-21(22)23)31-14-13-24-17(2)32-25(28-24)18-9-7-6-8-10-18/h6-12,15,20,22H,5,13-14,16H2,1-4H3,(H,29,30)/t20-,22-/m1/s1. The number of hydrogen-bond acceptors (Lipinski definition) is 4. The van der Waals surface area contributed by atoms with E-state index in [2.05, 4.69) is 31.0 Å². The molecule has 0 spiro atoms. The van der Waals surface area contributed by atoms with Crippen molar-refractivity contribution in [3.63, 3.8) is 0 Å². The monoisotopic (exact) mass is 433 g/mol. The third-order valence-electron chi connectivity index (χ3n) is 6.65. The molecule has 1 aliphatic carbocycles. The van der Waals surface area contributed by atoms with E-state index in [-0.39, 0.29) is 17.3 Å². The van der Waals surface area contributed by atoms with E-state index in [4.69, 9.17) is 9.15 Å². The van der Waals surface area contributed by atoms with Crippen LogP contribution in [0.1, 0.15) is 62.1 Å². The quantitative estimate of drug-likeness (QED) is 0.461. The maximum atomic E-state index is 11.8. The van der Waals surface area contributed by atoms with Gasteiger partial charge >= 0.3 is 5.97 Å². The number of ether oxygens (including phenoxy) is 1. The topological polar surface area (TPSA) is 72.6 Å². The van der Waals surface area contributed by atoms with Gasteiger partial charge in [0, 0.05) is 12.0 Å². The first-order chi connectivity index (χ1) is 15.3. The summed E-state index contributed by atoms with van der Waals surface area (Å²) in [6.45, 7) is 8.76. The van der Waals surface area contributed by atoms with E-state index in [0.29, 0.717) is 25.3 Å². The minimum atomic E-state index is -0.709. The van der Waals surface area contributed by atoms with Gasteiger partial charge in [-0.25, -0.2) is 4.98 Å². The molecule has 0 saturated carbocycles. The Bertz CT molecular complexity index is 1100. The van der Waals surface area contributed by atoms with Crippen molar-refractivity contribution in [2.75, 3.05) is 6.61 Å². The van der Waals surface area contributed by atoms with Gasteiger partial charge in [0.2, 0.25) is 5.89 Å². The van der Waals surface area contributed by atoms with E-state index >= 15 is 0 Å². The first kappa shape index (κ1) is 22.1. The first-order valence-electron chi connectivity index (χ1n) is 11.3. The SMILES string of the molecule is CC[C@@H](C(=O)O)[C@H]1CC(C)(C)c2cc(OCCc3nc(-c4ccccc4)oc3C)ccc21. The second-order valence-electron chi connectivity index (χ2n) is 9.28. The maximum Gasteiger partial charge on any atom is 0.307 e. The average Bonchev–Trinajstić information content (AvgIpc) is 3.26.